The lowest BCUT2D eigenvalue weighted by atomic mass is 10.1. The standard InChI is InChI=1S/C13H19ClO4S/c1-17-10-8-12-4-6-13(7-5-12)18-9-2-3-11-19(14,15)16/h4-7H,2-3,8-11H2,1H3. The molecule has 0 atom stereocenters. The fourth-order valence-corrected chi connectivity index (χ4v) is 2.42. The smallest absolute Gasteiger partial charge is 0.232 e. The first kappa shape index (κ1) is 16.3. The molecule has 0 aromatic heterocycles. The third-order valence-electron chi connectivity index (χ3n) is 2.57. The van der Waals surface area contributed by atoms with E-state index in [0.717, 1.165) is 12.2 Å². The van der Waals surface area contributed by atoms with Gasteiger partial charge in [-0.2, -0.15) is 0 Å². The van der Waals surface area contributed by atoms with Gasteiger partial charge in [0.15, 0.2) is 0 Å². The van der Waals surface area contributed by atoms with Gasteiger partial charge in [-0.25, -0.2) is 8.42 Å². The second-order valence-corrected chi connectivity index (χ2v) is 7.08. The van der Waals surface area contributed by atoms with Crippen molar-refractivity contribution in [3.8, 4) is 5.75 Å². The van der Waals surface area contributed by atoms with Crippen molar-refractivity contribution >= 4 is 19.7 Å². The summed E-state index contributed by atoms with van der Waals surface area (Å²) < 4.78 is 31.9. The van der Waals surface area contributed by atoms with Crippen molar-refractivity contribution in [1.82, 2.24) is 0 Å². The highest BCUT2D eigenvalue weighted by Gasteiger charge is 2.04. The topological polar surface area (TPSA) is 52.6 Å². The number of hydrogen-bond donors (Lipinski definition) is 0. The number of methoxy groups -OCH3 is 1. The van der Waals surface area contributed by atoms with E-state index < -0.39 is 9.05 Å². The summed E-state index contributed by atoms with van der Waals surface area (Å²) >= 11 is 0. The third kappa shape index (κ3) is 8.08. The predicted octanol–water partition coefficient (Wildman–Crippen LogP) is 2.60. The number of ether oxygens (including phenoxy) is 2. The second-order valence-electron chi connectivity index (χ2n) is 4.19. The van der Waals surface area contributed by atoms with Gasteiger partial charge in [0.25, 0.3) is 0 Å². The highest BCUT2D eigenvalue weighted by molar-refractivity contribution is 8.13. The molecule has 0 amide bonds. The van der Waals surface area contributed by atoms with Gasteiger partial charge in [0.1, 0.15) is 5.75 Å². The van der Waals surface area contributed by atoms with Crippen LogP contribution < -0.4 is 4.74 Å². The highest BCUT2D eigenvalue weighted by atomic mass is 35.7. The maximum absolute atomic E-state index is 10.7. The summed E-state index contributed by atoms with van der Waals surface area (Å²) in [6.45, 7) is 1.19. The van der Waals surface area contributed by atoms with Gasteiger partial charge in [-0.1, -0.05) is 12.1 Å². The third-order valence-corrected chi connectivity index (χ3v) is 3.81. The van der Waals surface area contributed by atoms with Crippen LogP contribution in [0, 0.1) is 0 Å². The average Bonchev–Trinajstić information content (AvgIpc) is 2.36. The zero-order chi connectivity index (χ0) is 14.1. The molecule has 0 heterocycles. The van der Waals surface area contributed by atoms with Crippen LogP contribution in [0.2, 0.25) is 0 Å². The molecule has 0 aliphatic heterocycles. The minimum absolute atomic E-state index is 0.00608. The van der Waals surface area contributed by atoms with Crippen LogP contribution in [0.4, 0.5) is 0 Å². The molecule has 0 N–H and O–H groups in total. The van der Waals surface area contributed by atoms with Gasteiger partial charge in [0.2, 0.25) is 9.05 Å². The van der Waals surface area contributed by atoms with Crippen LogP contribution in [0.15, 0.2) is 24.3 Å². The lowest BCUT2D eigenvalue weighted by Crippen LogP contribution is -2.02. The van der Waals surface area contributed by atoms with Gasteiger partial charge in [-0.3, -0.25) is 0 Å². The summed E-state index contributed by atoms with van der Waals surface area (Å²) in [7, 11) is 3.41. The van der Waals surface area contributed by atoms with E-state index in [9.17, 15) is 8.42 Å². The van der Waals surface area contributed by atoms with Gasteiger partial charge in [-0.05, 0) is 37.0 Å². The Morgan fingerprint density at radius 2 is 1.79 bits per heavy atom. The molecule has 108 valence electrons. The maximum Gasteiger partial charge on any atom is 0.232 e. The van der Waals surface area contributed by atoms with E-state index in [0.29, 0.717) is 26.1 Å². The van der Waals surface area contributed by atoms with Crippen LogP contribution in [-0.4, -0.2) is 34.5 Å². The Hall–Kier alpha value is -0.780. The molecule has 1 aromatic rings. The summed E-state index contributed by atoms with van der Waals surface area (Å²) in [5.41, 5.74) is 1.20. The molecule has 19 heavy (non-hydrogen) atoms. The Bertz CT molecular complexity index is 456. The summed E-state index contributed by atoms with van der Waals surface area (Å²) in [5.74, 6) is 0.781. The van der Waals surface area contributed by atoms with Crippen molar-refractivity contribution in [1.29, 1.82) is 0 Å². The Morgan fingerprint density at radius 1 is 1.11 bits per heavy atom. The van der Waals surface area contributed by atoms with Gasteiger partial charge in [0, 0.05) is 17.8 Å². The number of halogens is 1. The normalized spacial score (nSPS) is 11.5. The van der Waals surface area contributed by atoms with Crippen molar-refractivity contribution in [2.24, 2.45) is 0 Å². The number of benzene rings is 1. The lowest BCUT2D eigenvalue weighted by molar-refractivity contribution is 0.202. The van der Waals surface area contributed by atoms with Gasteiger partial charge in [0.05, 0.1) is 19.0 Å². The van der Waals surface area contributed by atoms with E-state index in [1.165, 1.54) is 5.56 Å². The zero-order valence-corrected chi connectivity index (χ0v) is 12.5. The van der Waals surface area contributed by atoms with E-state index in [1.807, 2.05) is 24.3 Å². The molecule has 0 saturated carbocycles. The van der Waals surface area contributed by atoms with Crippen molar-refractivity contribution < 1.29 is 17.9 Å². The first-order valence-electron chi connectivity index (χ1n) is 6.14. The predicted molar refractivity (Wildman–Crippen MR) is 76.4 cm³/mol. The molecule has 0 fully saturated rings. The molecule has 0 aliphatic rings. The summed E-state index contributed by atoms with van der Waals surface area (Å²) in [6.07, 6.45) is 2.06. The monoisotopic (exact) mass is 306 g/mol. The lowest BCUT2D eigenvalue weighted by Gasteiger charge is -2.07. The minimum Gasteiger partial charge on any atom is -0.494 e. The summed E-state index contributed by atoms with van der Waals surface area (Å²) in [6, 6.07) is 7.81. The van der Waals surface area contributed by atoms with E-state index >= 15 is 0 Å². The molecule has 0 spiro atoms. The average molecular weight is 307 g/mol. The minimum atomic E-state index is -3.38. The second kappa shape index (κ2) is 8.40. The van der Waals surface area contributed by atoms with E-state index in [1.54, 1.807) is 7.11 Å². The molecule has 0 aliphatic carbocycles. The van der Waals surface area contributed by atoms with E-state index in [4.69, 9.17) is 20.2 Å². The zero-order valence-electron chi connectivity index (χ0n) is 11.0. The van der Waals surface area contributed by atoms with Crippen LogP contribution in [0.25, 0.3) is 0 Å². The van der Waals surface area contributed by atoms with E-state index in [-0.39, 0.29) is 5.75 Å². The SMILES string of the molecule is COCCc1ccc(OCCCCS(=O)(=O)Cl)cc1. The van der Waals surface area contributed by atoms with Crippen LogP contribution in [0.5, 0.6) is 5.75 Å². The number of unbranched alkanes of at least 4 members (excludes halogenated alkanes) is 1. The highest BCUT2D eigenvalue weighted by Crippen LogP contribution is 2.13. The Morgan fingerprint density at radius 3 is 2.37 bits per heavy atom. The quantitative estimate of drug-likeness (QED) is 0.520. The molecule has 6 heteroatoms. The first-order chi connectivity index (χ1) is 9.01. The molecular weight excluding hydrogens is 288 g/mol. The Kier molecular flexibility index (Phi) is 7.20. The molecule has 1 rings (SSSR count). The van der Waals surface area contributed by atoms with Crippen LogP contribution in [0.1, 0.15) is 18.4 Å². The van der Waals surface area contributed by atoms with Gasteiger partial charge >= 0.3 is 0 Å². The fourth-order valence-electron chi connectivity index (χ4n) is 1.54. The van der Waals surface area contributed by atoms with Crippen LogP contribution >= 0.6 is 10.7 Å². The van der Waals surface area contributed by atoms with E-state index in [2.05, 4.69) is 0 Å². The number of hydrogen-bond acceptors (Lipinski definition) is 4. The summed E-state index contributed by atoms with van der Waals surface area (Å²) in [5, 5.41) is 0. The van der Waals surface area contributed by atoms with Crippen molar-refractivity contribution in [2.45, 2.75) is 19.3 Å². The molecule has 0 radical (unpaired) electrons. The maximum atomic E-state index is 10.7. The summed E-state index contributed by atoms with van der Waals surface area (Å²) in [4.78, 5) is 0. The first-order valence-corrected chi connectivity index (χ1v) is 8.62. The molecule has 0 unspecified atom stereocenters. The molecular formula is C13H19ClO4S. The Balaban J connectivity index is 2.22. The van der Waals surface area contributed by atoms with Crippen molar-refractivity contribution in [2.75, 3.05) is 26.1 Å². The molecule has 0 bridgehead atoms. The van der Waals surface area contributed by atoms with Gasteiger partial charge < -0.3 is 9.47 Å². The van der Waals surface area contributed by atoms with Gasteiger partial charge in [-0.15, -0.1) is 0 Å². The van der Waals surface area contributed by atoms with Crippen molar-refractivity contribution in [3.05, 3.63) is 29.8 Å². The Labute approximate surface area is 119 Å². The molecule has 1 aromatic carbocycles. The van der Waals surface area contributed by atoms with Crippen LogP contribution in [0.3, 0.4) is 0 Å². The molecule has 0 saturated heterocycles. The van der Waals surface area contributed by atoms with Crippen molar-refractivity contribution in [3.63, 3.8) is 0 Å². The largest absolute Gasteiger partial charge is 0.494 e. The number of rotatable bonds is 9. The van der Waals surface area contributed by atoms with Crippen LogP contribution in [-0.2, 0) is 20.2 Å². The molecule has 4 nitrogen and oxygen atoms in total. The fraction of sp³-hybridized carbons (Fsp3) is 0.538.